The van der Waals surface area contributed by atoms with Crippen molar-refractivity contribution in [1.82, 2.24) is 4.72 Å². The van der Waals surface area contributed by atoms with Crippen LogP contribution in [0.3, 0.4) is 0 Å². The molecule has 1 aromatic carbocycles. The summed E-state index contributed by atoms with van der Waals surface area (Å²) >= 11 is 0. The molecule has 0 aromatic heterocycles. The largest absolute Gasteiger partial charge is 0.241 e. The Hall–Kier alpha value is -1.13. The van der Waals surface area contributed by atoms with Gasteiger partial charge in [0.15, 0.2) is 0 Å². The summed E-state index contributed by atoms with van der Waals surface area (Å²) in [5.74, 6) is 0. The number of hydrogen-bond acceptors (Lipinski definition) is 2. The van der Waals surface area contributed by atoms with Gasteiger partial charge in [0.25, 0.3) is 0 Å². The first-order valence-electron chi connectivity index (χ1n) is 6.21. The third-order valence-corrected chi connectivity index (χ3v) is 4.30. The van der Waals surface area contributed by atoms with E-state index in [-0.39, 0.29) is 6.04 Å². The molecular weight excluding hydrogens is 246 g/mol. The Morgan fingerprint density at radius 2 is 1.94 bits per heavy atom. The Bertz CT molecular complexity index is 477. The van der Waals surface area contributed by atoms with Gasteiger partial charge in [-0.3, -0.25) is 0 Å². The van der Waals surface area contributed by atoms with Crippen molar-refractivity contribution < 1.29 is 8.42 Å². The maximum atomic E-state index is 12.1. The van der Waals surface area contributed by atoms with Crippen LogP contribution in [-0.2, 0) is 10.0 Å². The lowest BCUT2D eigenvalue weighted by atomic mass is 10.1. The van der Waals surface area contributed by atoms with E-state index < -0.39 is 10.0 Å². The first-order valence-corrected chi connectivity index (χ1v) is 7.69. The van der Waals surface area contributed by atoms with Crippen molar-refractivity contribution in [3.05, 3.63) is 42.5 Å². The molecule has 1 unspecified atom stereocenters. The van der Waals surface area contributed by atoms with E-state index in [1.807, 2.05) is 6.92 Å². The van der Waals surface area contributed by atoms with Crippen LogP contribution in [0.15, 0.2) is 41.8 Å². The average Bonchev–Trinajstić information content (AvgIpc) is 2.35. The minimum Gasteiger partial charge on any atom is -0.207 e. The molecule has 0 amide bonds. The monoisotopic (exact) mass is 267 g/mol. The highest BCUT2D eigenvalue weighted by molar-refractivity contribution is 7.89. The molecule has 100 valence electrons. The Morgan fingerprint density at radius 3 is 2.44 bits per heavy atom. The van der Waals surface area contributed by atoms with Gasteiger partial charge in [-0.2, -0.15) is 0 Å². The third-order valence-electron chi connectivity index (χ3n) is 2.79. The van der Waals surface area contributed by atoms with Crippen molar-refractivity contribution >= 4 is 10.0 Å². The van der Waals surface area contributed by atoms with Crippen molar-refractivity contribution in [3.63, 3.8) is 0 Å². The molecule has 0 spiro atoms. The van der Waals surface area contributed by atoms with E-state index in [0.29, 0.717) is 4.90 Å². The Kier molecular flexibility index (Phi) is 5.56. The zero-order valence-corrected chi connectivity index (χ0v) is 11.8. The molecule has 1 rings (SSSR count). The SMILES string of the molecule is C=CC(CCCC)NS(=O)(=O)c1ccc(C)cc1. The molecule has 18 heavy (non-hydrogen) atoms. The fourth-order valence-electron chi connectivity index (χ4n) is 1.63. The van der Waals surface area contributed by atoms with Gasteiger partial charge in [-0.1, -0.05) is 43.5 Å². The second-order valence-electron chi connectivity index (χ2n) is 4.42. The number of aryl methyl sites for hydroxylation is 1. The lowest BCUT2D eigenvalue weighted by Crippen LogP contribution is -2.33. The summed E-state index contributed by atoms with van der Waals surface area (Å²) in [6, 6.07) is 6.64. The average molecular weight is 267 g/mol. The van der Waals surface area contributed by atoms with Crippen LogP contribution in [-0.4, -0.2) is 14.5 Å². The molecule has 4 heteroatoms. The molecule has 0 aliphatic heterocycles. The number of sulfonamides is 1. The van der Waals surface area contributed by atoms with E-state index in [9.17, 15) is 8.42 Å². The number of benzene rings is 1. The van der Waals surface area contributed by atoms with Gasteiger partial charge in [-0.15, -0.1) is 6.58 Å². The highest BCUT2D eigenvalue weighted by atomic mass is 32.2. The number of unbranched alkanes of at least 4 members (excludes halogenated alkanes) is 1. The van der Waals surface area contributed by atoms with Crippen molar-refractivity contribution in [2.75, 3.05) is 0 Å². The summed E-state index contributed by atoms with van der Waals surface area (Å²) in [4.78, 5) is 0.302. The van der Waals surface area contributed by atoms with Crippen molar-refractivity contribution in [1.29, 1.82) is 0 Å². The number of rotatable bonds is 7. The van der Waals surface area contributed by atoms with Crippen LogP contribution in [0.4, 0.5) is 0 Å². The maximum absolute atomic E-state index is 12.1. The van der Waals surface area contributed by atoms with Crippen LogP contribution >= 0.6 is 0 Å². The molecule has 1 aromatic rings. The van der Waals surface area contributed by atoms with E-state index in [0.717, 1.165) is 24.8 Å². The molecule has 3 nitrogen and oxygen atoms in total. The van der Waals surface area contributed by atoms with Crippen LogP contribution in [0.25, 0.3) is 0 Å². The van der Waals surface area contributed by atoms with Gasteiger partial charge in [0.1, 0.15) is 0 Å². The van der Waals surface area contributed by atoms with Gasteiger partial charge in [-0.05, 0) is 25.5 Å². The summed E-state index contributed by atoms with van der Waals surface area (Å²) in [6.45, 7) is 7.69. The third kappa shape index (κ3) is 4.27. The number of nitrogens with one attached hydrogen (secondary N) is 1. The Balaban J connectivity index is 2.80. The Morgan fingerprint density at radius 1 is 1.33 bits per heavy atom. The van der Waals surface area contributed by atoms with E-state index in [1.54, 1.807) is 30.3 Å². The van der Waals surface area contributed by atoms with Crippen molar-refractivity contribution in [2.24, 2.45) is 0 Å². The first kappa shape index (κ1) is 14.9. The van der Waals surface area contributed by atoms with E-state index in [4.69, 9.17) is 0 Å². The van der Waals surface area contributed by atoms with Crippen LogP contribution in [0, 0.1) is 6.92 Å². The fourth-order valence-corrected chi connectivity index (χ4v) is 2.88. The Labute approximate surface area is 110 Å². The fraction of sp³-hybridized carbons (Fsp3) is 0.429. The van der Waals surface area contributed by atoms with Crippen LogP contribution < -0.4 is 4.72 Å². The molecule has 1 atom stereocenters. The van der Waals surface area contributed by atoms with Crippen molar-refractivity contribution in [2.45, 2.75) is 44.0 Å². The minimum atomic E-state index is -3.44. The molecule has 0 fully saturated rings. The highest BCUT2D eigenvalue weighted by Gasteiger charge is 2.17. The zero-order valence-electron chi connectivity index (χ0n) is 11.0. The van der Waals surface area contributed by atoms with Gasteiger partial charge in [0.2, 0.25) is 10.0 Å². The van der Waals surface area contributed by atoms with Gasteiger partial charge >= 0.3 is 0 Å². The molecule has 0 radical (unpaired) electrons. The lowest BCUT2D eigenvalue weighted by molar-refractivity contribution is 0.554. The topological polar surface area (TPSA) is 46.2 Å². The lowest BCUT2D eigenvalue weighted by Gasteiger charge is -2.14. The zero-order chi connectivity index (χ0) is 13.6. The molecule has 0 aliphatic rings. The van der Waals surface area contributed by atoms with Crippen LogP contribution in [0.5, 0.6) is 0 Å². The summed E-state index contributed by atoms with van der Waals surface area (Å²) in [7, 11) is -3.44. The summed E-state index contributed by atoms with van der Waals surface area (Å²) in [5, 5.41) is 0. The van der Waals surface area contributed by atoms with E-state index >= 15 is 0 Å². The van der Waals surface area contributed by atoms with Gasteiger partial charge in [0.05, 0.1) is 4.90 Å². The highest BCUT2D eigenvalue weighted by Crippen LogP contribution is 2.12. The number of hydrogen-bond donors (Lipinski definition) is 1. The second-order valence-corrected chi connectivity index (χ2v) is 6.13. The normalized spacial score (nSPS) is 13.2. The predicted octanol–water partition coefficient (Wildman–Crippen LogP) is 3.02. The first-order chi connectivity index (χ1) is 8.49. The minimum absolute atomic E-state index is 0.198. The molecule has 0 saturated heterocycles. The predicted molar refractivity (Wildman–Crippen MR) is 75.0 cm³/mol. The van der Waals surface area contributed by atoms with E-state index in [2.05, 4.69) is 18.2 Å². The summed E-state index contributed by atoms with van der Waals surface area (Å²) in [6.07, 6.45) is 4.45. The smallest absolute Gasteiger partial charge is 0.207 e. The van der Waals surface area contributed by atoms with Crippen LogP contribution in [0.1, 0.15) is 31.7 Å². The summed E-state index contributed by atoms with van der Waals surface area (Å²) in [5.41, 5.74) is 1.04. The molecular formula is C14H21NO2S. The van der Waals surface area contributed by atoms with Crippen LogP contribution in [0.2, 0.25) is 0 Å². The van der Waals surface area contributed by atoms with Gasteiger partial charge < -0.3 is 0 Å². The second kappa shape index (κ2) is 6.71. The molecule has 0 aliphatic carbocycles. The maximum Gasteiger partial charge on any atom is 0.241 e. The molecule has 0 heterocycles. The standard InChI is InChI=1S/C14H21NO2S/c1-4-6-7-13(5-2)15-18(16,17)14-10-8-12(3)9-11-14/h5,8-11,13,15H,2,4,6-7H2,1,3H3. The molecule has 0 saturated carbocycles. The molecule has 1 N–H and O–H groups in total. The molecule has 0 bridgehead atoms. The van der Waals surface area contributed by atoms with E-state index in [1.165, 1.54) is 0 Å². The van der Waals surface area contributed by atoms with Gasteiger partial charge in [-0.25, -0.2) is 13.1 Å². The van der Waals surface area contributed by atoms with Crippen molar-refractivity contribution in [3.8, 4) is 0 Å². The summed E-state index contributed by atoms with van der Waals surface area (Å²) < 4.78 is 26.9. The quantitative estimate of drug-likeness (QED) is 0.772. The van der Waals surface area contributed by atoms with Gasteiger partial charge in [0, 0.05) is 6.04 Å².